The average molecular weight is 469 g/mol. The highest BCUT2D eigenvalue weighted by Gasteiger charge is 2.55. The molecule has 1 amide bonds. The second-order valence-electron chi connectivity index (χ2n) is 6.17. The van der Waals surface area contributed by atoms with Crippen molar-refractivity contribution in [2.24, 2.45) is 0 Å². The first-order valence-corrected chi connectivity index (χ1v) is 10.9. The number of carbonyl (C=O) groups excluding carboxylic acids is 1. The van der Waals surface area contributed by atoms with Gasteiger partial charge in [-0.25, -0.2) is 8.42 Å². The Balaban J connectivity index is 2.11. The van der Waals surface area contributed by atoms with E-state index in [0.29, 0.717) is 17.5 Å². The van der Waals surface area contributed by atoms with Crippen LogP contribution < -0.4 is 10.0 Å². The summed E-state index contributed by atoms with van der Waals surface area (Å²) in [5.74, 6) is -1.65. The standard InChI is InChI=1S/C17H16ClF3N2O4S2/c1-16(25,17(19,20)21)15(24)22-14-8-7-12(9-13(14)18)28-11-5-3-10(4-6-11)23-29(2,26)27/h3-9,23,25H,1-2H3,(H,22,24). The van der Waals surface area contributed by atoms with E-state index < -0.39 is 27.7 Å². The maximum atomic E-state index is 12.7. The molecule has 2 rings (SSSR count). The predicted octanol–water partition coefficient (Wildman–Crippen LogP) is 4.11. The summed E-state index contributed by atoms with van der Waals surface area (Å²) in [7, 11) is -3.39. The smallest absolute Gasteiger partial charge is 0.373 e. The third-order valence-electron chi connectivity index (χ3n) is 3.58. The van der Waals surface area contributed by atoms with Crippen LogP contribution >= 0.6 is 23.4 Å². The Labute approximate surface area is 174 Å². The number of hydrogen-bond acceptors (Lipinski definition) is 5. The lowest BCUT2D eigenvalue weighted by Gasteiger charge is -2.25. The first-order chi connectivity index (χ1) is 13.2. The van der Waals surface area contributed by atoms with Gasteiger partial charge in [0.1, 0.15) is 0 Å². The molecule has 2 aromatic carbocycles. The lowest BCUT2D eigenvalue weighted by Crippen LogP contribution is -2.52. The number of anilines is 2. The molecular formula is C17H16ClF3N2O4S2. The van der Waals surface area contributed by atoms with Gasteiger partial charge in [-0.15, -0.1) is 0 Å². The van der Waals surface area contributed by atoms with Crippen molar-refractivity contribution in [3.63, 3.8) is 0 Å². The quantitative estimate of drug-likeness (QED) is 0.593. The van der Waals surface area contributed by atoms with E-state index in [-0.39, 0.29) is 10.7 Å². The highest BCUT2D eigenvalue weighted by Crippen LogP contribution is 2.35. The summed E-state index contributed by atoms with van der Waals surface area (Å²) < 4.78 is 62.9. The van der Waals surface area contributed by atoms with Gasteiger partial charge >= 0.3 is 6.18 Å². The molecule has 0 bridgehead atoms. The Bertz CT molecular complexity index is 1010. The van der Waals surface area contributed by atoms with E-state index in [4.69, 9.17) is 11.6 Å². The minimum atomic E-state index is -5.14. The number of rotatable bonds is 6. The van der Waals surface area contributed by atoms with Gasteiger partial charge in [-0.3, -0.25) is 9.52 Å². The Morgan fingerprint density at radius 1 is 1.10 bits per heavy atom. The number of benzene rings is 2. The van der Waals surface area contributed by atoms with Crippen molar-refractivity contribution in [3.05, 3.63) is 47.5 Å². The van der Waals surface area contributed by atoms with Gasteiger partial charge in [-0.1, -0.05) is 23.4 Å². The summed E-state index contributed by atoms with van der Waals surface area (Å²) in [6, 6.07) is 10.8. The van der Waals surface area contributed by atoms with Crippen LogP contribution in [0.15, 0.2) is 52.3 Å². The third-order valence-corrected chi connectivity index (χ3v) is 5.49. The van der Waals surface area contributed by atoms with Crippen LogP contribution in [0.1, 0.15) is 6.92 Å². The Morgan fingerprint density at radius 3 is 2.14 bits per heavy atom. The molecule has 0 aliphatic heterocycles. The number of hydrogen-bond donors (Lipinski definition) is 3. The fourth-order valence-corrected chi connectivity index (χ4v) is 3.69. The fraction of sp³-hybridized carbons (Fsp3) is 0.235. The second kappa shape index (κ2) is 8.42. The molecule has 12 heteroatoms. The van der Waals surface area contributed by atoms with E-state index >= 15 is 0 Å². The number of carbonyl (C=O) groups is 1. The van der Waals surface area contributed by atoms with Gasteiger partial charge in [0, 0.05) is 15.5 Å². The van der Waals surface area contributed by atoms with Gasteiger partial charge in [0.25, 0.3) is 5.91 Å². The van der Waals surface area contributed by atoms with Crippen LogP contribution in [0, 0.1) is 0 Å². The van der Waals surface area contributed by atoms with Crippen molar-refractivity contribution in [2.75, 3.05) is 16.3 Å². The zero-order valence-electron chi connectivity index (χ0n) is 15.0. The van der Waals surface area contributed by atoms with E-state index in [1.807, 2.05) is 5.32 Å². The third kappa shape index (κ3) is 6.26. The van der Waals surface area contributed by atoms with Crippen LogP contribution in [0.4, 0.5) is 24.5 Å². The number of halogens is 4. The molecular weight excluding hydrogens is 453 g/mol. The molecule has 0 aliphatic carbocycles. The van der Waals surface area contributed by atoms with Crippen LogP contribution in [0.2, 0.25) is 5.02 Å². The van der Waals surface area contributed by atoms with Crippen LogP contribution in [0.5, 0.6) is 0 Å². The molecule has 0 heterocycles. The molecule has 1 atom stereocenters. The summed E-state index contributed by atoms with van der Waals surface area (Å²) >= 11 is 7.30. The number of aliphatic hydroxyl groups is 1. The van der Waals surface area contributed by atoms with Crippen LogP contribution in [0.25, 0.3) is 0 Å². The summed E-state index contributed by atoms with van der Waals surface area (Å²) in [4.78, 5) is 13.1. The minimum absolute atomic E-state index is 0.0170. The molecule has 6 nitrogen and oxygen atoms in total. The molecule has 158 valence electrons. The van der Waals surface area contributed by atoms with Crippen molar-refractivity contribution < 1.29 is 31.5 Å². The number of nitrogens with one attached hydrogen (secondary N) is 2. The normalized spacial score (nSPS) is 14.2. The van der Waals surface area contributed by atoms with Crippen LogP contribution in [-0.2, 0) is 14.8 Å². The van der Waals surface area contributed by atoms with Crippen molar-refractivity contribution in [1.82, 2.24) is 0 Å². The number of amides is 1. The topological polar surface area (TPSA) is 95.5 Å². The molecule has 29 heavy (non-hydrogen) atoms. The van der Waals surface area contributed by atoms with Crippen molar-refractivity contribution in [1.29, 1.82) is 0 Å². The van der Waals surface area contributed by atoms with E-state index in [9.17, 15) is 31.5 Å². The maximum Gasteiger partial charge on any atom is 0.426 e. The molecule has 0 spiro atoms. The van der Waals surface area contributed by atoms with E-state index in [1.54, 1.807) is 24.3 Å². The van der Waals surface area contributed by atoms with Crippen LogP contribution in [0.3, 0.4) is 0 Å². The molecule has 1 unspecified atom stereocenters. The zero-order valence-corrected chi connectivity index (χ0v) is 17.4. The van der Waals surface area contributed by atoms with Gasteiger partial charge in [-0.05, 0) is 49.4 Å². The van der Waals surface area contributed by atoms with Crippen molar-refractivity contribution >= 4 is 50.7 Å². The minimum Gasteiger partial charge on any atom is -0.373 e. The highest BCUT2D eigenvalue weighted by molar-refractivity contribution is 7.99. The number of alkyl halides is 3. The predicted molar refractivity (Wildman–Crippen MR) is 106 cm³/mol. The Hall–Kier alpha value is -1.95. The van der Waals surface area contributed by atoms with Gasteiger partial charge < -0.3 is 10.4 Å². The first-order valence-electron chi connectivity index (χ1n) is 7.85. The lowest BCUT2D eigenvalue weighted by atomic mass is 10.1. The lowest BCUT2D eigenvalue weighted by molar-refractivity contribution is -0.242. The molecule has 0 saturated heterocycles. The molecule has 0 radical (unpaired) electrons. The molecule has 2 aromatic rings. The van der Waals surface area contributed by atoms with E-state index in [0.717, 1.165) is 11.2 Å². The maximum absolute atomic E-state index is 12.7. The molecule has 0 fully saturated rings. The van der Waals surface area contributed by atoms with Crippen molar-refractivity contribution in [3.8, 4) is 0 Å². The van der Waals surface area contributed by atoms with E-state index in [2.05, 4.69) is 4.72 Å². The van der Waals surface area contributed by atoms with Gasteiger partial charge in [0.05, 0.1) is 17.0 Å². The first kappa shape index (κ1) is 23.3. The van der Waals surface area contributed by atoms with Crippen LogP contribution in [-0.4, -0.2) is 37.5 Å². The zero-order chi connectivity index (χ0) is 22.0. The Kier molecular flexibility index (Phi) is 6.78. The summed E-state index contributed by atoms with van der Waals surface area (Å²) in [6.45, 7) is 0.350. The number of sulfonamides is 1. The fourth-order valence-electron chi connectivity index (χ4n) is 1.97. The molecule has 3 N–H and O–H groups in total. The molecule has 0 saturated carbocycles. The van der Waals surface area contributed by atoms with E-state index in [1.165, 1.54) is 30.0 Å². The van der Waals surface area contributed by atoms with Crippen molar-refractivity contribution in [2.45, 2.75) is 28.5 Å². The summed E-state index contributed by atoms with van der Waals surface area (Å²) in [6.07, 6.45) is -4.11. The van der Waals surface area contributed by atoms with Gasteiger partial charge in [-0.2, -0.15) is 13.2 Å². The summed E-state index contributed by atoms with van der Waals surface area (Å²) in [5.41, 5.74) is -3.26. The Morgan fingerprint density at radius 2 is 1.66 bits per heavy atom. The summed E-state index contributed by atoms with van der Waals surface area (Å²) in [5, 5.41) is 11.3. The highest BCUT2D eigenvalue weighted by atomic mass is 35.5. The monoisotopic (exact) mass is 468 g/mol. The molecule has 0 aromatic heterocycles. The van der Waals surface area contributed by atoms with Gasteiger partial charge in [0.2, 0.25) is 15.6 Å². The largest absolute Gasteiger partial charge is 0.426 e. The average Bonchev–Trinajstić information content (AvgIpc) is 2.56. The molecule has 0 aliphatic rings. The van der Waals surface area contributed by atoms with Gasteiger partial charge in [0.15, 0.2) is 0 Å². The SMILES string of the molecule is CC(O)(C(=O)Nc1ccc(Sc2ccc(NS(C)(=O)=O)cc2)cc1Cl)C(F)(F)F. The second-order valence-corrected chi connectivity index (χ2v) is 9.47.